The largest absolute Gasteiger partial charge is 0.494 e. The minimum Gasteiger partial charge on any atom is -0.494 e. The van der Waals surface area contributed by atoms with E-state index in [1.165, 1.54) is 6.92 Å². The Bertz CT molecular complexity index is 456. The van der Waals surface area contributed by atoms with Crippen molar-refractivity contribution in [2.24, 2.45) is 0 Å². The Kier molecular flexibility index (Phi) is 4.27. The highest BCUT2D eigenvalue weighted by atomic mass is 16.5. The maximum atomic E-state index is 11.1. The van der Waals surface area contributed by atoms with Crippen LogP contribution in [0.5, 0.6) is 5.75 Å². The first-order valence-corrected chi connectivity index (χ1v) is 6.37. The minimum atomic E-state index is -0.110. The van der Waals surface area contributed by atoms with Crippen molar-refractivity contribution in [2.45, 2.75) is 31.9 Å². The van der Waals surface area contributed by atoms with Gasteiger partial charge in [0, 0.05) is 31.8 Å². The van der Waals surface area contributed by atoms with Crippen LogP contribution in [-0.2, 0) is 9.53 Å². The maximum absolute atomic E-state index is 11.1. The average molecular weight is 264 g/mol. The number of carbonyl (C=O) groups excluding carboxylic acids is 1. The highest BCUT2D eigenvalue weighted by Crippen LogP contribution is 2.31. The fourth-order valence-electron chi connectivity index (χ4n) is 2.19. The third kappa shape index (κ3) is 3.38. The first-order chi connectivity index (χ1) is 9.12. The molecule has 1 aliphatic carbocycles. The lowest BCUT2D eigenvalue weighted by atomic mass is 9.89. The molecule has 19 heavy (non-hydrogen) atoms. The molecule has 2 rings (SSSR count). The summed E-state index contributed by atoms with van der Waals surface area (Å²) in [7, 11) is 3.33. The number of carbonyl (C=O) groups is 1. The summed E-state index contributed by atoms with van der Waals surface area (Å²) in [6.45, 7) is 1.48. The Labute approximate surface area is 113 Å². The van der Waals surface area contributed by atoms with Crippen molar-refractivity contribution in [3.8, 4) is 5.75 Å². The Hall–Kier alpha value is -1.75. The highest BCUT2D eigenvalue weighted by molar-refractivity contribution is 5.90. The third-order valence-corrected chi connectivity index (χ3v) is 3.31. The molecule has 0 spiro atoms. The molecule has 1 aliphatic rings. The fraction of sp³-hybridized carbons (Fsp3) is 0.500. The van der Waals surface area contributed by atoms with E-state index in [9.17, 15) is 4.79 Å². The number of methoxy groups -OCH3 is 2. The van der Waals surface area contributed by atoms with Crippen molar-refractivity contribution in [2.75, 3.05) is 24.9 Å². The van der Waals surface area contributed by atoms with Crippen LogP contribution in [0.15, 0.2) is 18.2 Å². The topological polar surface area (TPSA) is 59.6 Å². The fourth-order valence-corrected chi connectivity index (χ4v) is 2.19. The van der Waals surface area contributed by atoms with Gasteiger partial charge in [-0.05, 0) is 25.0 Å². The lowest BCUT2D eigenvalue weighted by molar-refractivity contribution is -0.114. The summed E-state index contributed by atoms with van der Waals surface area (Å²) in [5.41, 5.74) is 1.68. The molecule has 2 N–H and O–H groups in total. The monoisotopic (exact) mass is 264 g/mol. The van der Waals surface area contributed by atoms with E-state index in [-0.39, 0.29) is 5.91 Å². The van der Waals surface area contributed by atoms with Crippen molar-refractivity contribution in [1.29, 1.82) is 0 Å². The quantitative estimate of drug-likeness (QED) is 0.856. The molecule has 0 saturated heterocycles. The standard InChI is InChI=1S/C14H20N2O3/c1-9(17)15-13-5-4-10(8-14(13)19-3)16-11-6-12(7-11)18-2/h4-5,8,11-12,16H,6-7H2,1-3H3,(H,15,17). The van der Waals surface area contributed by atoms with E-state index >= 15 is 0 Å². The van der Waals surface area contributed by atoms with Crippen LogP contribution in [0.4, 0.5) is 11.4 Å². The molecule has 1 aromatic rings. The Morgan fingerprint density at radius 2 is 2.05 bits per heavy atom. The van der Waals surface area contributed by atoms with Crippen molar-refractivity contribution < 1.29 is 14.3 Å². The zero-order chi connectivity index (χ0) is 13.8. The second-order valence-corrected chi connectivity index (χ2v) is 4.77. The van der Waals surface area contributed by atoms with Gasteiger partial charge < -0.3 is 20.1 Å². The van der Waals surface area contributed by atoms with Gasteiger partial charge in [0.15, 0.2) is 0 Å². The highest BCUT2D eigenvalue weighted by Gasteiger charge is 2.28. The third-order valence-electron chi connectivity index (χ3n) is 3.31. The zero-order valence-electron chi connectivity index (χ0n) is 11.5. The van der Waals surface area contributed by atoms with E-state index in [0.717, 1.165) is 18.5 Å². The van der Waals surface area contributed by atoms with Crippen molar-refractivity contribution in [3.63, 3.8) is 0 Å². The Morgan fingerprint density at radius 1 is 1.32 bits per heavy atom. The molecule has 0 atom stereocenters. The predicted octanol–water partition coefficient (Wildman–Crippen LogP) is 2.24. The van der Waals surface area contributed by atoms with Gasteiger partial charge in [-0.25, -0.2) is 0 Å². The Morgan fingerprint density at radius 3 is 2.63 bits per heavy atom. The summed E-state index contributed by atoms with van der Waals surface area (Å²) in [4.78, 5) is 11.1. The molecule has 1 aromatic carbocycles. The lowest BCUT2D eigenvalue weighted by Crippen LogP contribution is -2.40. The van der Waals surface area contributed by atoms with Gasteiger partial charge >= 0.3 is 0 Å². The van der Waals surface area contributed by atoms with Crippen LogP contribution in [0.1, 0.15) is 19.8 Å². The molecule has 5 nitrogen and oxygen atoms in total. The summed E-state index contributed by atoms with van der Waals surface area (Å²) in [5, 5.41) is 6.16. The van der Waals surface area contributed by atoms with Gasteiger partial charge in [0.25, 0.3) is 0 Å². The average Bonchev–Trinajstić information content (AvgIpc) is 2.34. The molecule has 0 heterocycles. The number of ether oxygens (including phenoxy) is 2. The van der Waals surface area contributed by atoms with E-state index in [4.69, 9.17) is 9.47 Å². The number of hydrogen-bond donors (Lipinski definition) is 2. The van der Waals surface area contributed by atoms with Gasteiger partial charge in [-0.2, -0.15) is 0 Å². The van der Waals surface area contributed by atoms with Crippen molar-refractivity contribution in [1.82, 2.24) is 0 Å². The molecule has 0 aliphatic heterocycles. The van der Waals surface area contributed by atoms with Crippen LogP contribution in [0.3, 0.4) is 0 Å². The van der Waals surface area contributed by atoms with Gasteiger partial charge in [0.2, 0.25) is 5.91 Å². The SMILES string of the molecule is COc1cc(NC2CC(OC)C2)ccc1NC(C)=O. The smallest absolute Gasteiger partial charge is 0.221 e. The maximum Gasteiger partial charge on any atom is 0.221 e. The lowest BCUT2D eigenvalue weighted by Gasteiger charge is -2.35. The minimum absolute atomic E-state index is 0.110. The van der Waals surface area contributed by atoms with Crippen LogP contribution in [0, 0.1) is 0 Å². The molecule has 0 aromatic heterocycles. The molecule has 0 radical (unpaired) electrons. The van der Waals surface area contributed by atoms with Crippen LogP contribution in [0.25, 0.3) is 0 Å². The van der Waals surface area contributed by atoms with E-state index in [1.807, 2.05) is 18.2 Å². The molecule has 1 amide bonds. The molecule has 0 unspecified atom stereocenters. The second-order valence-electron chi connectivity index (χ2n) is 4.77. The number of hydrogen-bond acceptors (Lipinski definition) is 4. The van der Waals surface area contributed by atoms with Crippen LogP contribution in [-0.4, -0.2) is 32.3 Å². The summed E-state index contributed by atoms with van der Waals surface area (Å²) in [6, 6.07) is 6.12. The summed E-state index contributed by atoms with van der Waals surface area (Å²) in [5.74, 6) is 0.545. The van der Waals surface area contributed by atoms with Gasteiger partial charge in [-0.15, -0.1) is 0 Å². The van der Waals surface area contributed by atoms with Gasteiger partial charge in [-0.3, -0.25) is 4.79 Å². The van der Waals surface area contributed by atoms with Gasteiger partial charge in [-0.1, -0.05) is 0 Å². The molecule has 5 heteroatoms. The molecular formula is C14H20N2O3. The normalized spacial score (nSPS) is 21.4. The number of nitrogens with one attached hydrogen (secondary N) is 2. The number of anilines is 2. The van der Waals surface area contributed by atoms with Crippen LogP contribution >= 0.6 is 0 Å². The predicted molar refractivity (Wildman–Crippen MR) is 74.7 cm³/mol. The van der Waals surface area contributed by atoms with E-state index in [2.05, 4.69) is 10.6 Å². The van der Waals surface area contributed by atoms with E-state index in [0.29, 0.717) is 23.6 Å². The van der Waals surface area contributed by atoms with Gasteiger partial charge in [0.05, 0.1) is 18.9 Å². The summed E-state index contributed by atoms with van der Waals surface area (Å²) >= 11 is 0. The zero-order valence-corrected chi connectivity index (χ0v) is 11.5. The van der Waals surface area contributed by atoms with E-state index in [1.54, 1.807) is 14.2 Å². The van der Waals surface area contributed by atoms with Crippen molar-refractivity contribution in [3.05, 3.63) is 18.2 Å². The molecule has 1 saturated carbocycles. The molecule has 1 fully saturated rings. The second kappa shape index (κ2) is 5.93. The first kappa shape index (κ1) is 13.7. The number of amides is 1. The molecule has 0 bridgehead atoms. The summed E-state index contributed by atoms with van der Waals surface area (Å²) in [6.07, 6.45) is 2.41. The van der Waals surface area contributed by atoms with Crippen LogP contribution < -0.4 is 15.4 Å². The molecule has 104 valence electrons. The summed E-state index contributed by atoms with van der Waals surface area (Å²) < 4.78 is 10.5. The first-order valence-electron chi connectivity index (χ1n) is 6.37. The van der Waals surface area contributed by atoms with E-state index < -0.39 is 0 Å². The molecular weight excluding hydrogens is 244 g/mol. The van der Waals surface area contributed by atoms with Crippen molar-refractivity contribution >= 4 is 17.3 Å². The Balaban J connectivity index is 2.00. The number of rotatable bonds is 5. The van der Waals surface area contributed by atoms with Gasteiger partial charge in [0.1, 0.15) is 5.75 Å². The van der Waals surface area contributed by atoms with Crippen LogP contribution in [0.2, 0.25) is 0 Å². The number of benzene rings is 1.